The van der Waals surface area contributed by atoms with E-state index in [1.807, 2.05) is 0 Å². The normalized spacial score (nSPS) is 17.6. The van der Waals surface area contributed by atoms with Crippen molar-refractivity contribution in [2.75, 3.05) is 6.66 Å². The third kappa shape index (κ3) is 4.34. The van der Waals surface area contributed by atoms with Crippen LogP contribution in [-0.4, -0.2) is 6.66 Å². The third-order valence-corrected chi connectivity index (χ3v) is 12.1. The number of aryl methyl sites for hydroxylation is 1. The number of benzene rings is 2. The first kappa shape index (κ1) is 25.5. The molecule has 1 aliphatic rings. The van der Waals surface area contributed by atoms with E-state index in [0.29, 0.717) is 0 Å². The van der Waals surface area contributed by atoms with Gasteiger partial charge in [0.15, 0.2) is 0 Å². The molecule has 1 aliphatic heterocycles. The topological polar surface area (TPSA) is 0 Å². The van der Waals surface area contributed by atoms with Crippen LogP contribution in [0.4, 0.5) is 0 Å². The maximum atomic E-state index is 2.65. The first-order chi connectivity index (χ1) is 14.2. The Hall–Kier alpha value is -1.13. The Morgan fingerprint density at radius 1 is 0.562 bits per heavy atom. The molecule has 3 rings (SSSR count). The molecule has 0 aromatic heterocycles. The van der Waals surface area contributed by atoms with Gasteiger partial charge in [-0.1, -0.05) is 0 Å². The molecule has 178 valence electrons. The van der Waals surface area contributed by atoms with Crippen LogP contribution in [0.15, 0.2) is 24.3 Å². The summed E-state index contributed by atoms with van der Waals surface area (Å²) in [6.45, 7) is 33.6. The zero-order valence-corrected chi connectivity index (χ0v) is 24.5. The molecule has 0 amide bonds. The summed E-state index contributed by atoms with van der Waals surface area (Å²) in [5.74, 6) is 0. The van der Waals surface area contributed by atoms with Crippen LogP contribution >= 0.6 is 7.26 Å². The number of fused-ring (bicyclic) bond motifs is 1. The maximum absolute atomic E-state index is 2.65. The van der Waals surface area contributed by atoms with E-state index in [1.165, 1.54) is 22.9 Å². The average Bonchev–Trinajstić information content (AvgIpc) is 2.55. The van der Waals surface area contributed by atoms with Crippen LogP contribution in [0.1, 0.15) is 116 Å². The standard InChI is InChI=1S/C31H49P/c1-20-15-22(28(2,3)4)17-24(30(8,9)10)26(20)32(14)19-21-16-23(29(5,6)7)18-25(27(21)32)31(11,12)13/h15-18,32H,19H2,1-14H3. The fourth-order valence-electron chi connectivity index (χ4n) is 5.64. The Morgan fingerprint density at radius 3 is 1.38 bits per heavy atom. The minimum absolute atomic E-state index is 0.139. The van der Waals surface area contributed by atoms with E-state index in [0.717, 1.165) is 0 Å². The molecule has 2 aromatic rings. The van der Waals surface area contributed by atoms with Crippen LogP contribution in [0, 0.1) is 6.92 Å². The van der Waals surface area contributed by atoms with Gasteiger partial charge >= 0.3 is 200 Å². The van der Waals surface area contributed by atoms with Gasteiger partial charge in [-0.05, 0) is 0 Å². The molecule has 0 bridgehead atoms. The van der Waals surface area contributed by atoms with Gasteiger partial charge in [0.1, 0.15) is 0 Å². The van der Waals surface area contributed by atoms with Gasteiger partial charge in [-0.25, -0.2) is 0 Å². The van der Waals surface area contributed by atoms with Crippen LogP contribution in [0.25, 0.3) is 0 Å². The van der Waals surface area contributed by atoms with Crippen LogP contribution in [-0.2, 0) is 27.8 Å². The van der Waals surface area contributed by atoms with Crippen molar-refractivity contribution in [3.05, 3.63) is 57.6 Å². The second-order valence-corrected chi connectivity index (χ2v) is 18.8. The van der Waals surface area contributed by atoms with E-state index >= 15 is 0 Å². The third-order valence-electron chi connectivity index (χ3n) is 7.55. The van der Waals surface area contributed by atoms with E-state index in [4.69, 9.17) is 0 Å². The van der Waals surface area contributed by atoms with Gasteiger partial charge in [-0.2, -0.15) is 0 Å². The van der Waals surface area contributed by atoms with E-state index < -0.39 is 7.26 Å². The summed E-state index contributed by atoms with van der Waals surface area (Å²) in [7, 11) is -1.81. The van der Waals surface area contributed by atoms with Crippen molar-refractivity contribution in [2.24, 2.45) is 0 Å². The fourth-order valence-corrected chi connectivity index (χ4v) is 10.9. The minimum atomic E-state index is -1.81. The van der Waals surface area contributed by atoms with Crippen molar-refractivity contribution in [3.8, 4) is 0 Å². The molecule has 0 unspecified atom stereocenters. The molecular weight excluding hydrogens is 403 g/mol. The molecule has 2 aromatic carbocycles. The quantitative estimate of drug-likeness (QED) is 0.384. The fraction of sp³-hybridized carbons (Fsp3) is 0.613. The molecule has 0 aliphatic carbocycles. The van der Waals surface area contributed by atoms with E-state index in [9.17, 15) is 0 Å². The monoisotopic (exact) mass is 452 g/mol. The Balaban J connectivity index is 2.35. The molecule has 0 radical (unpaired) electrons. The Bertz CT molecular complexity index is 1040. The number of hydrogen-bond donors (Lipinski definition) is 0. The summed E-state index contributed by atoms with van der Waals surface area (Å²) in [4.78, 5) is 0. The number of hydrogen-bond acceptors (Lipinski definition) is 0. The number of rotatable bonds is 1. The Kier molecular flexibility index (Phi) is 5.92. The average molecular weight is 453 g/mol. The van der Waals surface area contributed by atoms with Crippen LogP contribution in [0.2, 0.25) is 0 Å². The summed E-state index contributed by atoms with van der Waals surface area (Å²) >= 11 is 0. The van der Waals surface area contributed by atoms with E-state index in [2.05, 4.69) is 121 Å². The van der Waals surface area contributed by atoms with Crippen LogP contribution in [0.5, 0.6) is 0 Å². The predicted molar refractivity (Wildman–Crippen MR) is 150 cm³/mol. The second kappa shape index (κ2) is 7.43. The van der Waals surface area contributed by atoms with Gasteiger partial charge in [0, 0.05) is 0 Å². The van der Waals surface area contributed by atoms with Crippen molar-refractivity contribution in [3.63, 3.8) is 0 Å². The molecule has 0 atom stereocenters. The summed E-state index contributed by atoms with van der Waals surface area (Å²) in [5, 5.41) is 3.44. The zero-order valence-electron chi connectivity index (χ0n) is 23.5. The van der Waals surface area contributed by atoms with Gasteiger partial charge in [0.25, 0.3) is 0 Å². The first-order valence-electron chi connectivity index (χ1n) is 12.5. The van der Waals surface area contributed by atoms with Crippen molar-refractivity contribution in [1.82, 2.24) is 0 Å². The van der Waals surface area contributed by atoms with Crippen molar-refractivity contribution < 1.29 is 0 Å². The van der Waals surface area contributed by atoms with Gasteiger partial charge in [-0.15, -0.1) is 0 Å². The summed E-state index contributed by atoms with van der Waals surface area (Å²) in [6.07, 6.45) is 1.27. The van der Waals surface area contributed by atoms with Crippen molar-refractivity contribution >= 4 is 17.9 Å². The molecule has 0 nitrogen and oxygen atoms in total. The van der Waals surface area contributed by atoms with Gasteiger partial charge in [-0.3, -0.25) is 0 Å². The van der Waals surface area contributed by atoms with Crippen LogP contribution in [0.3, 0.4) is 0 Å². The van der Waals surface area contributed by atoms with Crippen LogP contribution < -0.4 is 10.6 Å². The van der Waals surface area contributed by atoms with Crippen molar-refractivity contribution in [2.45, 2.75) is 118 Å². The zero-order chi connectivity index (χ0) is 24.7. The SMILES string of the molecule is Cc1cc(C(C)(C)C)cc(C(C)(C)C)c1[PH]1(C)Cc2cc(C(C)(C)C)cc(C(C)(C)C)c21. The van der Waals surface area contributed by atoms with Gasteiger partial charge in [0.05, 0.1) is 0 Å². The summed E-state index contributed by atoms with van der Waals surface area (Å²) < 4.78 is 0. The van der Waals surface area contributed by atoms with Gasteiger partial charge in [0.2, 0.25) is 0 Å². The molecule has 1 heteroatoms. The first-order valence-corrected chi connectivity index (χ1v) is 15.2. The molecule has 0 N–H and O–H groups in total. The Morgan fingerprint density at radius 2 is 0.969 bits per heavy atom. The molecular formula is C31H49P. The second-order valence-electron chi connectivity index (χ2n) is 14.8. The summed E-state index contributed by atoms with van der Waals surface area (Å²) in [5.41, 5.74) is 9.93. The van der Waals surface area contributed by atoms with Crippen molar-refractivity contribution in [1.29, 1.82) is 0 Å². The van der Waals surface area contributed by atoms with E-state index in [-0.39, 0.29) is 21.7 Å². The molecule has 0 saturated heterocycles. The van der Waals surface area contributed by atoms with Gasteiger partial charge < -0.3 is 0 Å². The predicted octanol–water partition coefficient (Wildman–Crippen LogP) is 8.03. The Labute approximate surface area is 200 Å². The molecule has 0 saturated carbocycles. The molecule has 0 spiro atoms. The molecule has 32 heavy (non-hydrogen) atoms. The molecule has 1 heterocycles. The molecule has 0 fully saturated rings. The van der Waals surface area contributed by atoms with E-state index in [1.54, 1.807) is 27.3 Å². The summed E-state index contributed by atoms with van der Waals surface area (Å²) in [6, 6.07) is 10.1.